The van der Waals surface area contributed by atoms with Crippen molar-refractivity contribution in [1.29, 1.82) is 0 Å². The van der Waals surface area contributed by atoms with Gasteiger partial charge in [-0.3, -0.25) is 4.79 Å². The molecule has 0 atom stereocenters. The molecule has 1 aromatic heterocycles. The van der Waals surface area contributed by atoms with Crippen molar-refractivity contribution in [1.82, 2.24) is 4.57 Å². The maximum absolute atomic E-state index is 11.7. The smallest absolute Gasteiger partial charge is 0.254 e. The average molecular weight is 390 g/mol. The summed E-state index contributed by atoms with van der Waals surface area (Å²) in [5, 5.41) is 0. The minimum atomic E-state index is -0.0963. The number of halogens is 1. The molecule has 24 heavy (non-hydrogen) atoms. The Balaban J connectivity index is 1.88. The summed E-state index contributed by atoms with van der Waals surface area (Å²) in [6, 6.07) is 7.34. The van der Waals surface area contributed by atoms with E-state index in [1.807, 2.05) is 32.9 Å². The lowest BCUT2D eigenvalue weighted by molar-refractivity contribution is 0.358. The van der Waals surface area contributed by atoms with E-state index < -0.39 is 0 Å². The minimum Gasteiger partial charge on any atom is -0.481 e. The number of hydrogen-bond acceptors (Lipinski definition) is 3. The van der Waals surface area contributed by atoms with Crippen LogP contribution in [0.4, 0.5) is 0 Å². The average Bonchev–Trinajstić information content (AvgIpc) is 2.50. The lowest BCUT2D eigenvalue weighted by Crippen LogP contribution is -2.18. The lowest BCUT2D eigenvalue weighted by atomic mass is 10.1. The third kappa shape index (κ3) is 4.65. The fourth-order valence-electron chi connectivity index (χ4n) is 2.24. The Morgan fingerprint density at radius 1 is 1.04 bits per heavy atom. The molecule has 0 aliphatic rings. The van der Waals surface area contributed by atoms with Crippen molar-refractivity contribution in [3.8, 4) is 23.3 Å². The predicted octanol–water partition coefficient (Wildman–Crippen LogP) is 3.53. The number of ether oxygens (including phenoxy) is 2. The number of nitrogens with zero attached hydrogens (tertiary/aromatic N) is 1. The molecule has 0 aliphatic heterocycles. The molecule has 1 heterocycles. The summed E-state index contributed by atoms with van der Waals surface area (Å²) < 4.78 is 13.7. The Kier molecular flexibility index (Phi) is 6.10. The second kappa shape index (κ2) is 8.07. The van der Waals surface area contributed by atoms with Gasteiger partial charge >= 0.3 is 0 Å². The van der Waals surface area contributed by atoms with Gasteiger partial charge in [-0.15, -0.1) is 0 Å². The van der Waals surface area contributed by atoms with Crippen molar-refractivity contribution in [3.63, 3.8) is 0 Å². The van der Waals surface area contributed by atoms with Crippen molar-refractivity contribution >= 4 is 15.9 Å². The molecule has 0 amide bonds. The van der Waals surface area contributed by atoms with Crippen LogP contribution in [0.5, 0.6) is 11.5 Å². The molecule has 0 saturated carbocycles. The van der Waals surface area contributed by atoms with E-state index in [0.29, 0.717) is 5.75 Å². The molecule has 0 bridgehead atoms. The maximum Gasteiger partial charge on any atom is 0.254 e. The third-order valence-corrected chi connectivity index (χ3v) is 4.16. The van der Waals surface area contributed by atoms with Crippen LogP contribution in [0.3, 0.4) is 0 Å². The van der Waals surface area contributed by atoms with Crippen LogP contribution >= 0.6 is 15.9 Å². The molecule has 4 nitrogen and oxygen atoms in total. The Morgan fingerprint density at radius 2 is 1.71 bits per heavy atom. The minimum absolute atomic E-state index is 0.0963. The molecule has 0 N–H and O–H groups in total. The van der Waals surface area contributed by atoms with Crippen LogP contribution in [0.15, 0.2) is 33.5 Å². The van der Waals surface area contributed by atoms with E-state index in [2.05, 4.69) is 33.8 Å². The summed E-state index contributed by atoms with van der Waals surface area (Å²) in [6.45, 7) is 6.39. The largest absolute Gasteiger partial charge is 0.481 e. The quantitative estimate of drug-likeness (QED) is 0.750. The summed E-state index contributed by atoms with van der Waals surface area (Å²) in [5.41, 5.74) is 2.99. The second-order valence-corrected chi connectivity index (χ2v) is 6.41. The van der Waals surface area contributed by atoms with Gasteiger partial charge in [-0.05, 0) is 60.0 Å². The van der Waals surface area contributed by atoms with Crippen molar-refractivity contribution < 1.29 is 9.47 Å². The molecule has 0 spiro atoms. The van der Waals surface area contributed by atoms with E-state index in [1.165, 1.54) is 11.6 Å². The Hall–Kier alpha value is -2.19. The summed E-state index contributed by atoms with van der Waals surface area (Å²) in [5.74, 6) is 7.13. The number of aryl methyl sites for hydroxylation is 3. The first kappa shape index (κ1) is 18.2. The zero-order valence-corrected chi connectivity index (χ0v) is 15.9. The molecule has 0 aliphatic carbocycles. The van der Waals surface area contributed by atoms with Crippen LogP contribution in [0, 0.1) is 32.6 Å². The highest BCUT2D eigenvalue weighted by Crippen LogP contribution is 2.29. The van der Waals surface area contributed by atoms with Gasteiger partial charge in [0.05, 0.1) is 4.47 Å². The molecule has 126 valence electrons. The fourth-order valence-corrected chi connectivity index (χ4v) is 3.02. The zero-order valence-electron chi connectivity index (χ0n) is 14.3. The number of aromatic nitrogens is 1. The highest BCUT2D eigenvalue weighted by atomic mass is 79.9. The van der Waals surface area contributed by atoms with E-state index in [0.717, 1.165) is 21.5 Å². The molecule has 0 radical (unpaired) electrons. The van der Waals surface area contributed by atoms with E-state index in [4.69, 9.17) is 9.47 Å². The molecule has 0 saturated heterocycles. The molecule has 0 unspecified atom stereocenters. The number of rotatable bonds is 4. The number of pyridine rings is 1. The van der Waals surface area contributed by atoms with Crippen LogP contribution in [0.1, 0.15) is 16.8 Å². The van der Waals surface area contributed by atoms with Gasteiger partial charge in [0.25, 0.3) is 5.56 Å². The van der Waals surface area contributed by atoms with Crippen molar-refractivity contribution in [2.24, 2.45) is 7.05 Å². The van der Waals surface area contributed by atoms with Gasteiger partial charge in [0.15, 0.2) is 0 Å². The normalized spacial score (nSPS) is 10.0. The monoisotopic (exact) mass is 389 g/mol. The van der Waals surface area contributed by atoms with Crippen LogP contribution in [0.2, 0.25) is 0 Å². The van der Waals surface area contributed by atoms with Gasteiger partial charge < -0.3 is 14.0 Å². The van der Waals surface area contributed by atoms with E-state index in [1.54, 1.807) is 11.6 Å². The summed E-state index contributed by atoms with van der Waals surface area (Å²) in [4.78, 5) is 11.7. The van der Waals surface area contributed by atoms with Crippen LogP contribution in [0.25, 0.3) is 0 Å². The summed E-state index contributed by atoms with van der Waals surface area (Å²) in [7, 11) is 1.73. The molecule has 5 heteroatoms. The highest BCUT2D eigenvalue weighted by molar-refractivity contribution is 9.10. The molecule has 1 aromatic carbocycles. The van der Waals surface area contributed by atoms with Crippen molar-refractivity contribution in [3.05, 3.63) is 55.9 Å². The highest BCUT2D eigenvalue weighted by Gasteiger charge is 2.05. The first-order valence-electron chi connectivity index (χ1n) is 7.54. The lowest BCUT2D eigenvalue weighted by Gasteiger charge is -2.09. The fraction of sp³-hybridized carbons (Fsp3) is 0.316. The molecule has 2 rings (SSSR count). The number of hydrogen-bond donors (Lipinski definition) is 0. The zero-order chi connectivity index (χ0) is 17.7. The Morgan fingerprint density at radius 3 is 2.33 bits per heavy atom. The predicted molar refractivity (Wildman–Crippen MR) is 98.8 cm³/mol. The van der Waals surface area contributed by atoms with Crippen LogP contribution in [-0.2, 0) is 7.05 Å². The summed E-state index contributed by atoms with van der Waals surface area (Å²) in [6.07, 6.45) is 0. The van der Waals surface area contributed by atoms with Gasteiger partial charge in [-0.2, -0.15) is 0 Å². The second-order valence-electron chi connectivity index (χ2n) is 5.55. The van der Waals surface area contributed by atoms with Gasteiger partial charge in [0.2, 0.25) is 0 Å². The molecular formula is C19H20BrNO3. The number of benzene rings is 1. The van der Waals surface area contributed by atoms with Gasteiger partial charge in [-0.25, -0.2) is 0 Å². The van der Waals surface area contributed by atoms with Crippen LogP contribution in [-0.4, -0.2) is 17.8 Å². The van der Waals surface area contributed by atoms with E-state index >= 15 is 0 Å². The first-order valence-corrected chi connectivity index (χ1v) is 8.33. The molecule has 2 aromatic rings. The SMILES string of the molecule is Cc1cc(C)c(OCC#CCOc2cc(C)n(C)c(=O)c2)c(Br)c1. The van der Waals surface area contributed by atoms with E-state index in [9.17, 15) is 4.79 Å². The van der Waals surface area contributed by atoms with Gasteiger partial charge in [0, 0.05) is 18.8 Å². The Labute approximate surface area is 150 Å². The third-order valence-electron chi connectivity index (χ3n) is 3.57. The first-order chi connectivity index (χ1) is 11.4. The topological polar surface area (TPSA) is 40.5 Å². The standard InChI is InChI=1S/C19H20BrNO3/c1-13-9-14(2)19(17(20)10-13)24-8-6-5-7-23-16-11-15(3)21(4)18(22)12-16/h9-12H,7-8H2,1-4H3. The molecular weight excluding hydrogens is 370 g/mol. The van der Waals surface area contributed by atoms with Gasteiger partial charge in [0.1, 0.15) is 24.7 Å². The van der Waals surface area contributed by atoms with E-state index in [-0.39, 0.29) is 18.8 Å². The van der Waals surface area contributed by atoms with Crippen LogP contribution < -0.4 is 15.0 Å². The van der Waals surface area contributed by atoms with Crippen molar-refractivity contribution in [2.45, 2.75) is 20.8 Å². The molecule has 0 fully saturated rings. The summed E-state index contributed by atoms with van der Waals surface area (Å²) >= 11 is 3.50. The maximum atomic E-state index is 11.7. The Bertz CT molecular complexity index is 836. The van der Waals surface area contributed by atoms with Crippen molar-refractivity contribution in [2.75, 3.05) is 13.2 Å². The van der Waals surface area contributed by atoms with Gasteiger partial charge in [-0.1, -0.05) is 17.9 Å².